The molecule has 0 atom stereocenters. The molecule has 2 N–H and O–H groups in total. The van der Waals surface area contributed by atoms with Gasteiger partial charge in [-0.2, -0.15) is 0 Å². The number of aromatic nitrogens is 2. The third-order valence-electron chi connectivity index (χ3n) is 3.46. The highest BCUT2D eigenvalue weighted by atomic mass is 14.9. The highest BCUT2D eigenvalue weighted by molar-refractivity contribution is 5.73. The highest BCUT2D eigenvalue weighted by Crippen LogP contribution is 2.26. The molecule has 0 aliphatic rings. The fourth-order valence-electron chi connectivity index (χ4n) is 2.36. The van der Waals surface area contributed by atoms with Crippen molar-refractivity contribution in [2.24, 2.45) is 5.73 Å². The summed E-state index contributed by atoms with van der Waals surface area (Å²) in [6, 6.07) is 10.7. The van der Waals surface area contributed by atoms with E-state index >= 15 is 0 Å². The summed E-state index contributed by atoms with van der Waals surface area (Å²) in [6.45, 7) is 4.73. The number of nitrogens with zero attached hydrogens (tertiary/aromatic N) is 2. The van der Waals surface area contributed by atoms with E-state index in [9.17, 15) is 0 Å². The van der Waals surface area contributed by atoms with Crippen LogP contribution in [0, 0.1) is 13.8 Å². The summed E-state index contributed by atoms with van der Waals surface area (Å²) in [4.78, 5) is 4.31. The summed E-state index contributed by atoms with van der Waals surface area (Å²) in [7, 11) is 0. The van der Waals surface area contributed by atoms with Crippen molar-refractivity contribution in [2.75, 3.05) is 0 Å². The molecule has 96 valence electrons. The van der Waals surface area contributed by atoms with E-state index in [0.717, 1.165) is 11.2 Å². The zero-order valence-electron chi connectivity index (χ0n) is 11.2. The predicted octanol–water partition coefficient (Wildman–Crippen LogP) is 3.08. The number of hydrogen-bond acceptors (Lipinski definition) is 2. The predicted molar refractivity (Wildman–Crippen MR) is 78.0 cm³/mol. The second kappa shape index (κ2) is 4.52. The molecule has 3 aromatic rings. The monoisotopic (exact) mass is 251 g/mol. The summed E-state index contributed by atoms with van der Waals surface area (Å²) in [5, 5.41) is 0. The Bertz CT molecular complexity index is 741. The van der Waals surface area contributed by atoms with Crippen LogP contribution in [-0.2, 0) is 6.54 Å². The average Bonchev–Trinajstić information content (AvgIpc) is 2.83. The second-order valence-corrected chi connectivity index (χ2v) is 4.96. The molecular weight excluding hydrogens is 234 g/mol. The van der Waals surface area contributed by atoms with Crippen LogP contribution in [-0.4, -0.2) is 9.38 Å². The number of hydrogen-bond donors (Lipinski definition) is 1. The van der Waals surface area contributed by atoms with E-state index in [4.69, 9.17) is 5.73 Å². The quantitative estimate of drug-likeness (QED) is 0.760. The lowest BCUT2D eigenvalue weighted by Gasteiger charge is -2.04. The van der Waals surface area contributed by atoms with Gasteiger partial charge in [0.1, 0.15) is 0 Å². The van der Waals surface area contributed by atoms with Crippen molar-refractivity contribution < 1.29 is 0 Å². The molecule has 0 saturated heterocycles. The smallest absolute Gasteiger partial charge is 0.0994 e. The fourth-order valence-corrected chi connectivity index (χ4v) is 2.36. The van der Waals surface area contributed by atoms with E-state index in [0.29, 0.717) is 6.54 Å². The lowest BCUT2D eigenvalue weighted by Crippen LogP contribution is -2.00. The Labute approximate surface area is 112 Å². The Kier molecular flexibility index (Phi) is 2.84. The molecule has 0 aliphatic heterocycles. The number of fused-ring (bicyclic) bond motifs is 1. The van der Waals surface area contributed by atoms with Crippen molar-refractivity contribution in [1.82, 2.24) is 9.38 Å². The first-order valence-corrected chi connectivity index (χ1v) is 6.42. The molecule has 19 heavy (non-hydrogen) atoms. The van der Waals surface area contributed by atoms with Gasteiger partial charge in [-0.15, -0.1) is 0 Å². The zero-order valence-corrected chi connectivity index (χ0v) is 11.2. The lowest BCUT2D eigenvalue weighted by molar-refractivity contribution is 0.953. The zero-order chi connectivity index (χ0) is 13.4. The minimum absolute atomic E-state index is 0.473. The molecule has 3 rings (SSSR count). The van der Waals surface area contributed by atoms with Crippen molar-refractivity contribution in [2.45, 2.75) is 20.4 Å². The summed E-state index contributed by atoms with van der Waals surface area (Å²) >= 11 is 0. The molecule has 0 radical (unpaired) electrons. The molecule has 3 nitrogen and oxygen atoms in total. The van der Waals surface area contributed by atoms with Crippen molar-refractivity contribution >= 4 is 5.52 Å². The summed E-state index contributed by atoms with van der Waals surface area (Å²) in [5.74, 6) is 0. The maximum atomic E-state index is 5.63. The van der Waals surface area contributed by atoms with Gasteiger partial charge in [0, 0.05) is 23.8 Å². The molecule has 0 unspecified atom stereocenters. The summed E-state index contributed by atoms with van der Waals surface area (Å²) in [5.41, 5.74) is 12.7. The number of benzene rings is 1. The van der Waals surface area contributed by atoms with Crippen molar-refractivity contribution in [3.63, 3.8) is 0 Å². The molecule has 0 bridgehead atoms. The standard InChI is InChI=1S/C16H17N3/c1-11-3-4-12(2)16(5-11)13-6-15-7-14(8-17)18-10-19(15)9-13/h3-7,9-10H,8,17H2,1-2H3. The van der Waals surface area contributed by atoms with E-state index in [1.807, 2.05) is 16.8 Å². The molecule has 0 fully saturated rings. The van der Waals surface area contributed by atoms with Crippen molar-refractivity contribution in [3.8, 4) is 11.1 Å². The van der Waals surface area contributed by atoms with Gasteiger partial charge >= 0.3 is 0 Å². The maximum Gasteiger partial charge on any atom is 0.0994 e. The van der Waals surface area contributed by atoms with Gasteiger partial charge < -0.3 is 10.1 Å². The van der Waals surface area contributed by atoms with Crippen LogP contribution >= 0.6 is 0 Å². The van der Waals surface area contributed by atoms with Gasteiger partial charge in [0.2, 0.25) is 0 Å². The molecule has 0 aliphatic carbocycles. The van der Waals surface area contributed by atoms with Crippen LogP contribution in [0.25, 0.3) is 16.6 Å². The topological polar surface area (TPSA) is 43.3 Å². The van der Waals surface area contributed by atoms with Gasteiger partial charge in [-0.3, -0.25) is 0 Å². The number of rotatable bonds is 2. The summed E-state index contributed by atoms with van der Waals surface area (Å²) < 4.78 is 2.04. The van der Waals surface area contributed by atoms with Crippen LogP contribution in [0.4, 0.5) is 0 Å². The molecule has 1 aromatic carbocycles. The van der Waals surface area contributed by atoms with Crippen LogP contribution < -0.4 is 5.73 Å². The average molecular weight is 251 g/mol. The molecule has 0 saturated carbocycles. The fraction of sp³-hybridized carbons (Fsp3) is 0.188. The lowest BCUT2D eigenvalue weighted by atomic mass is 10.0. The van der Waals surface area contributed by atoms with E-state index in [-0.39, 0.29) is 0 Å². The third kappa shape index (κ3) is 2.13. The van der Waals surface area contributed by atoms with Gasteiger partial charge in [0.05, 0.1) is 12.0 Å². The molecule has 2 heterocycles. The first-order valence-electron chi connectivity index (χ1n) is 6.42. The van der Waals surface area contributed by atoms with E-state index in [1.165, 1.54) is 22.3 Å². The van der Waals surface area contributed by atoms with Gasteiger partial charge in [-0.25, -0.2) is 4.98 Å². The van der Waals surface area contributed by atoms with Crippen LogP contribution in [0.1, 0.15) is 16.8 Å². The SMILES string of the molecule is Cc1ccc(C)c(-c2cc3cc(CN)ncn3c2)c1. The van der Waals surface area contributed by atoms with Crippen LogP contribution in [0.15, 0.2) is 42.9 Å². The minimum Gasteiger partial charge on any atom is -0.325 e. The number of nitrogens with two attached hydrogens (primary N) is 1. The van der Waals surface area contributed by atoms with E-state index < -0.39 is 0 Å². The molecule has 3 heteroatoms. The number of aryl methyl sites for hydroxylation is 2. The van der Waals surface area contributed by atoms with E-state index in [1.54, 1.807) is 0 Å². The molecule has 0 spiro atoms. The Hall–Kier alpha value is -2.13. The molecule has 0 amide bonds. The van der Waals surface area contributed by atoms with Gasteiger partial charge in [0.15, 0.2) is 0 Å². The Morgan fingerprint density at radius 2 is 2.00 bits per heavy atom. The van der Waals surface area contributed by atoms with E-state index in [2.05, 4.69) is 49.3 Å². The third-order valence-corrected chi connectivity index (χ3v) is 3.46. The Balaban J connectivity index is 2.17. The van der Waals surface area contributed by atoms with Crippen molar-refractivity contribution in [3.05, 3.63) is 59.7 Å². The largest absolute Gasteiger partial charge is 0.325 e. The van der Waals surface area contributed by atoms with Gasteiger partial charge in [-0.1, -0.05) is 23.8 Å². The molecule has 2 aromatic heterocycles. The Morgan fingerprint density at radius 3 is 2.79 bits per heavy atom. The highest BCUT2D eigenvalue weighted by Gasteiger charge is 2.06. The Morgan fingerprint density at radius 1 is 1.16 bits per heavy atom. The molecular formula is C16H17N3. The van der Waals surface area contributed by atoms with Crippen LogP contribution in [0.5, 0.6) is 0 Å². The van der Waals surface area contributed by atoms with Crippen LogP contribution in [0.3, 0.4) is 0 Å². The first kappa shape index (κ1) is 11.9. The van der Waals surface area contributed by atoms with Gasteiger partial charge in [-0.05, 0) is 37.1 Å². The van der Waals surface area contributed by atoms with Gasteiger partial charge in [0.25, 0.3) is 0 Å². The maximum absolute atomic E-state index is 5.63. The normalized spacial score (nSPS) is 11.1. The van der Waals surface area contributed by atoms with Crippen molar-refractivity contribution in [1.29, 1.82) is 0 Å². The van der Waals surface area contributed by atoms with Crippen LogP contribution in [0.2, 0.25) is 0 Å². The second-order valence-electron chi connectivity index (χ2n) is 4.96. The summed E-state index contributed by atoms with van der Waals surface area (Å²) in [6.07, 6.45) is 3.94. The first-order chi connectivity index (χ1) is 9.17. The minimum atomic E-state index is 0.473.